The summed E-state index contributed by atoms with van der Waals surface area (Å²) in [6.45, 7) is 6.16. The molecule has 1 aromatic rings. The largest absolute Gasteiger partial charge is 0.388 e. The van der Waals surface area contributed by atoms with Gasteiger partial charge in [0.05, 0.1) is 6.10 Å². The fraction of sp³-hybridized carbons (Fsp3) is 0.500. The van der Waals surface area contributed by atoms with Crippen LogP contribution in [0.25, 0.3) is 5.70 Å². The van der Waals surface area contributed by atoms with Crippen LogP contribution in [0, 0.1) is 0 Å². The van der Waals surface area contributed by atoms with Gasteiger partial charge in [-0.25, -0.2) is 0 Å². The minimum atomic E-state index is -0.328. The van der Waals surface area contributed by atoms with Crippen LogP contribution in [0.2, 0.25) is 0 Å². The number of hydrogen-bond donors (Lipinski definition) is 2. The lowest BCUT2D eigenvalue weighted by Crippen LogP contribution is -2.33. The molecule has 1 unspecified atom stereocenters. The lowest BCUT2D eigenvalue weighted by molar-refractivity contribution is 0.172. The molecule has 0 amide bonds. The molecule has 2 aliphatic heterocycles. The van der Waals surface area contributed by atoms with Crippen LogP contribution < -0.4 is 5.32 Å². The van der Waals surface area contributed by atoms with E-state index >= 15 is 0 Å². The molecule has 0 saturated heterocycles. The molecule has 2 heterocycles. The Labute approximate surface area is 114 Å². The van der Waals surface area contributed by atoms with Crippen molar-refractivity contribution in [1.29, 1.82) is 0 Å². The Balaban J connectivity index is 2.05. The molecular weight excluding hydrogens is 236 g/mol. The normalized spacial score (nSPS) is 20.1. The third-order valence-corrected chi connectivity index (χ3v) is 4.20. The summed E-state index contributed by atoms with van der Waals surface area (Å²) < 4.78 is 0. The Bertz CT molecular complexity index is 496. The van der Waals surface area contributed by atoms with Crippen LogP contribution in [-0.4, -0.2) is 36.2 Å². The smallest absolute Gasteiger partial charge is 0.0790 e. The van der Waals surface area contributed by atoms with Crippen molar-refractivity contribution in [3.05, 3.63) is 41.0 Å². The highest BCUT2D eigenvalue weighted by Crippen LogP contribution is 2.34. The molecular formula is C16H22N2O. The summed E-state index contributed by atoms with van der Waals surface area (Å²) in [4.78, 5) is 2.46. The van der Waals surface area contributed by atoms with Crippen molar-refractivity contribution in [1.82, 2.24) is 10.2 Å². The van der Waals surface area contributed by atoms with E-state index in [4.69, 9.17) is 0 Å². The molecule has 0 aliphatic carbocycles. The molecule has 0 radical (unpaired) electrons. The zero-order valence-electron chi connectivity index (χ0n) is 11.5. The Morgan fingerprint density at radius 3 is 3.11 bits per heavy atom. The van der Waals surface area contributed by atoms with E-state index in [1.807, 2.05) is 6.92 Å². The highest BCUT2D eigenvalue weighted by Gasteiger charge is 2.24. The van der Waals surface area contributed by atoms with Crippen molar-refractivity contribution in [2.24, 2.45) is 0 Å². The Hall–Kier alpha value is -1.32. The quantitative estimate of drug-likeness (QED) is 0.851. The molecule has 3 nitrogen and oxygen atoms in total. The van der Waals surface area contributed by atoms with E-state index in [-0.39, 0.29) is 6.10 Å². The van der Waals surface area contributed by atoms with Gasteiger partial charge in [-0.05, 0) is 30.0 Å². The molecule has 102 valence electrons. The summed E-state index contributed by atoms with van der Waals surface area (Å²) in [6, 6.07) is 6.36. The summed E-state index contributed by atoms with van der Waals surface area (Å²) >= 11 is 0. The predicted molar refractivity (Wildman–Crippen MR) is 77.8 cm³/mol. The molecule has 19 heavy (non-hydrogen) atoms. The van der Waals surface area contributed by atoms with E-state index in [1.54, 1.807) is 0 Å². The topological polar surface area (TPSA) is 35.5 Å². The maximum atomic E-state index is 10.2. The van der Waals surface area contributed by atoms with Crippen molar-refractivity contribution < 1.29 is 5.11 Å². The van der Waals surface area contributed by atoms with Crippen LogP contribution in [0.3, 0.4) is 0 Å². The van der Waals surface area contributed by atoms with Gasteiger partial charge in [0.15, 0.2) is 0 Å². The van der Waals surface area contributed by atoms with Gasteiger partial charge in [0.2, 0.25) is 0 Å². The summed E-state index contributed by atoms with van der Waals surface area (Å²) in [6.07, 6.45) is 3.78. The highest BCUT2D eigenvalue weighted by molar-refractivity contribution is 5.70. The molecule has 0 aromatic heterocycles. The van der Waals surface area contributed by atoms with Gasteiger partial charge < -0.3 is 15.3 Å². The summed E-state index contributed by atoms with van der Waals surface area (Å²) in [5, 5.41) is 13.6. The molecule has 1 aromatic carbocycles. The van der Waals surface area contributed by atoms with Crippen molar-refractivity contribution in [2.45, 2.75) is 25.9 Å². The van der Waals surface area contributed by atoms with Crippen LogP contribution in [-0.2, 0) is 6.42 Å². The first-order valence-electron chi connectivity index (χ1n) is 7.27. The average Bonchev–Trinajstić information content (AvgIpc) is 2.71. The fourth-order valence-corrected chi connectivity index (χ4v) is 3.15. The standard InChI is InChI=1S/C16H22N2O/c1-2-16(19)14-5-3-4-13-12(14)7-10-18-11-9-17-8-6-15(13)18/h3-6,16-17,19H,2,7-11H2,1H3. The minimum Gasteiger partial charge on any atom is -0.388 e. The number of nitrogens with zero attached hydrogens (tertiary/aromatic N) is 1. The molecule has 3 heteroatoms. The van der Waals surface area contributed by atoms with E-state index < -0.39 is 0 Å². The molecule has 0 spiro atoms. The summed E-state index contributed by atoms with van der Waals surface area (Å²) in [7, 11) is 0. The number of hydrogen-bond acceptors (Lipinski definition) is 3. The lowest BCUT2D eigenvalue weighted by Gasteiger charge is -2.34. The number of fused-ring (bicyclic) bond motifs is 3. The van der Waals surface area contributed by atoms with Gasteiger partial charge in [0.1, 0.15) is 0 Å². The SMILES string of the molecule is CCC(O)c1cccc2c1CCN1CCNCC=C21. The fourth-order valence-electron chi connectivity index (χ4n) is 3.15. The minimum absolute atomic E-state index is 0.328. The predicted octanol–water partition coefficient (Wildman–Crippen LogP) is 1.93. The zero-order chi connectivity index (χ0) is 13.2. The molecule has 0 fully saturated rings. The van der Waals surface area contributed by atoms with Gasteiger partial charge in [-0.3, -0.25) is 0 Å². The second kappa shape index (κ2) is 5.35. The Morgan fingerprint density at radius 1 is 1.37 bits per heavy atom. The summed E-state index contributed by atoms with van der Waals surface area (Å²) in [5.41, 5.74) is 5.13. The van der Waals surface area contributed by atoms with Crippen molar-refractivity contribution in [3.8, 4) is 0 Å². The van der Waals surface area contributed by atoms with Crippen LogP contribution >= 0.6 is 0 Å². The van der Waals surface area contributed by atoms with E-state index in [9.17, 15) is 5.11 Å². The van der Waals surface area contributed by atoms with Gasteiger partial charge in [-0.1, -0.05) is 25.1 Å². The van der Waals surface area contributed by atoms with Gasteiger partial charge in [-0.2, -0.15) is 0 Å². The highest BCUT2D eigenvalue weighted by atomic mass is 16.3. The number of nitrogens with one attached hydrogen (secondary N) is 1. The zero-order valence-corrected chi connectivity index (χ0v) is 11.5. The third kappa shape index (κ3) is 2.28. The van der Waals surface area contributed by atoms with E-state index in [0.717, 1.165) is 44.6 Å². The average molecular weight is 258 g/mol. The molecule has 0 bridgehead atoms. The third-order valence-electron chi connectivity index (χ3n) is 4.20. The van der Waals surface area contributed by atoms with Crippen LogP contribution in [0.5, 0.6) is 0 Å². The molecule has 3 rings (SSSR count). The number of aliphatic hydroxyl groups excluding tert-OH is 1. The number of rotatable bonds is 2. The maximum Gasteiger partial charge on any atom is 0.0790 e. The van der Waals surface area contributed by atoms with Crippen LogP contribution in [0.15, 0.2) is 24.3 Å². The van der Waals surface area contributed by atoms with Crippen molar-refractivity contribution in [2.75, 3.05) is 26.2 Å². The van der Waals surface area contributed by atoms with E-state index in [0.29, 0.717) is 0 Å². The maximum absolute atomic E-state index is 10.2. The Morgan fingerprint density at radius 2 is 2.26 bits per heavy atom. The Kier molecular flexibility index (Phi) is 3.58. The van der Waals surface area contributed by atoms with Crippen molar-refractivity contribution >= 4 is 5.70 Å². The van der Waals surface area contributed by atoms with Gasteiger partial charge in [0.25, 0.3) is 0 Å². The second-order valence-corrected chi connectivity index (χ2v) is 5.33. The van der Waals surface area contributed by atoms with Crippen LogP contribution in [0.1, 0.15) is 36.1 Å². The lowest BCUT2D eigenvalue weighted by atomic mass is 9.89. The first kappa shape index (κ1) is 12.7. The van der Waals surface area contributed by atoms with E-state index in [1.165, 1.54) is 16.8 Å². The van der Waals surface area contributed by atoms with Gasteiger partial charge >= 0.3 is 0 Å². The second-order valence-electron chi connectivity index (χ2n) is 5.33. The van der Waals surface area contributed by atoms with E-state index in [2.05, 4.69) is 34.5 Å². The number of aliphatic hydroxyl groups is 1. The van der Waals surface area contributed by atoms with Crippen molar-refractivity contribution in [3.63, 3.8) is 0 Å². The first-order valence-corrected chi connectivity index (χ1v) is 7.27. The monoisotopic (exact) mass is 258 g/mol. The molecule has 0 saturated carbocycles. The first-order chi connectivity index (χ1) is 9.31. The van der Waals surface area contributed by atoms with Gasteiger partial charge in [0, 0.05) is 37.4 Å². The molecule has 2 N–H and O–H groups in total. The molecule has 2 aliphatic rings. The van der Waals surface area contributed by atoms with Crippen LogP contribution in [0.4, 0.5) is 0 Å². The van der Waals surface area contributed by atoms with Gasteiger partial charge in [-0.15, -0.1) is 0 Å². The summed E-state index contributed by atoms with van der Waals surface area (Å²) in [5.74, 6) is 0. The number of benzene rings is 1. The molecule has 1 atom stereocenters.